The number of aliphatic hydroxyl groups excluding tert-OH is 1. The van der Waals surface area contributed by atoms with E-state index in [1.165, 1.54) is 18.3 Å². The number of piperazine rings is 1. The molecule has 1 aliphatic heterocycles. The summed E-state index contributed by atoms with van der Waals surface area (Å²) in [5, 5.41) is 15.8. The molecular weight excluding hydrogens is 553 g/mol. The average molecular weight is 582 g/mol. The molecule has 198 valence electrons. The Balaban J connectivity index is 1.36. The number of anilines is 1. The highest BCUT2D eigenvalue weighted by Gasteiger charge is 2.18. The van der Waals surface area contributed by atoms with Crippen LogP contribution < -0.4 is 10.7 Å². The summed E-state index contributed by atoms with van der Waals surface area (Å²) in [4.78, 5) is 30.3. The number of nitrogens with zero attached hydrogens (tertiary/aromatic N) is 3. The third-order valence-corrected chi connectivity index (χ3v) is 6.70. The molecule has 0 unspecified atom stereocenters. The predicted molar refractivity (Wildman–Crippen MR) is 149 cm³/mol. The van der Waals surface area contributed by atoms with E-state index in [-0.39, 0.29) is 18.1 Å². The quantitative estimate of drug-likeness (QED) is 0.264. The Kier molecular flexibility index (Phi) is 9.72. The van der Waals surface area contributed by atoms with Crippen LogP contribution in [0.15, 0.2) is 76.3 Å². The maximum absolute atomic E-state index is 13.3. The van der Waals surface area contributed by atoms with Gasteiger partial charge in [-0.25, -0.2) is 9.82 Å². The third-order valence-electron chi connectivity index (χ3n) is 6.21. The van der Waals surface area contributed by atoms with E-state index >= 15 is 0 Å². The Hall–Kier alpha value is -3.44. The Morgan fingerprint density at radius 1 is 0.974 bits per heavy atom. The van der Waals surface area contributed by atoms with Crippen LogP contribution >= 0.6 is 15.9 Å². The van der Waals surface area contributed by atoms with Crippen molar-refractivity contribution in [2.24, 2.45) is 5.10 Å². The number of β-amino-alcohol motifs (C(OH)–C–C–N with tert-alkyl or cyclic N) is 1. The molecule has 0 aliphatic carbocycles. The van der Waals surface area contributed by atoms with Crippen LogP contribution in [0.4, 0.5) is 10.1 Å². The number of benzene rings is 3. The molecular formula is C28H29BrFN5O3. The van der Waals surface area contributed by atoms with Crippen LogP contribution in [-0.2, 0) is 6.54 Å². The lowest BCUT2D eigenvalue weighted by Gasteiger charge is -2.34. The fraction of sp³-hybridized carbons (Fsp3) is 0.250. The monoisotopic (exact) mass is 581 g/mol. The molecule has 0 bridgehead atoms. The van der Waals surface area contributed by atoms with Crippen molar-refractivity contribution in [1.82, 2.24) is 15.2 Å². The summed E-state index contributed by atoms with van der Waals surface area (Å²) in [5.41, 5.74) is 5.06. The van der Waals surface area contributed by atoms with Gasteiger partial charge in [-0.3, -0.25) is 19.4 Å². The van der Waals surface area contributed by atoms with Crippen molar-refractivity contribution in [2.75, 3.05) is 44.6 Å². The smallest absolute Gasteiger partial charge is 0.273 e. The molecule has 0 aromatic heterocycles. The lowest BCUT2D eigenvalue weighted by Crippen LogP contribution is -2.46. The summed E-state index contributed by atoms with van der Waals surface area (Å²) in [5.74, 6) is -1.26. The SMILES string of the molecule is O=C(Nc1ccc(Br)cc1C(=O)N/N=C/c1cccc(F)c1)c1ccc(CN2CCN(CCO)CC2)cc1. The number of rotatable bonds is 9. The molecule has 1 heterocycles. The van der Waals surface area contributed by atoms with E-state index in [4.69, 9.17) is 5.11 Å². The third kappa shape index (κ3) is 7.78. The zero-order valence-electron chi connectivity index (χ0n) is 20.7. The van der Waals surface area contributed by atoms with E-state index < -0.39 is 11.7 Å². The summed E-state index contributed by atoms with van der Waals surface area (Å²) in [6.45, 7) is 5.41. The van der Waals surface area contributed by atoms with Gasteiger partial charge in [0, 0.05) is 49.3 Å². The number of carbonyl (C=O) groups is 2. The van der Waals surface area contributed by atoms with Crippen molar-refractivity contribution in [2.45, 2.75) is 6.54 Å². The fourth-order valence-corrected chi connectivity index (χ4v) is 4.51. The van der Waals surface area contributed by atoms with E-state index in [2.05, 4.69) is 41.6 Å². The number of nitrogens with one attached hydrogen (secondary N) is 2. The van der Waals surface area contributed by atoms with E-state index in [0.717, 1.165) is 38.3 Å². The molecule has 38 heavy (non-hydrogen) atoms. The second kappa shape index (κ2) is 13.4. The maximum atomic E-state index is 13.3. The number of hydrogen-bond donors (Lipinski definition) is 3. The lowest BCUT2D eigenvalue weighted by molar-refractivity contribution is 0.0956. The van der Waals surface area contributed by atoms with Crippen LogP contribution in [0.2, 0.25) is 0 Å². The molecule has 8 nitrogen and oxygen atoms in total. The van der Waals surface area contributed by atoms with Crippen molar-refractivity contribution < 1.29 is 19.1 Å². The lowest BCUT2D eigenvalue weighted by atomic mass is 10.1. The Labute approximate surface area is 229 Å². The number of amides is 2. The zero-order valence-corrected chi connectivity index (χ0v) is 22.3. The second-order valence-corrected chi connectivity index (χ2v) is 9.85. The van der Waals surface area contributed by atoms with Crippen LogP contribution in [0.25, 0.3) is 0 Å². The van der Waals surface area contributed by atoms with Crippen LogP contribution in [-0.4, -0.2) is 72.3 Å². The molecule has 2 amide bonds. The number of hydrogen-bond acceptors (Lipinski definition) is 6. The zero-order chi connectivity index (χ0) is 26.9. The van der Waals surface area contributed by atoms with Crippen LogP contribution in [0, 0.1) is 5.82 Å². The average Bonchev–Trinajstić information content (AvgIpc) is 2.91. The van der Waals surface area contributed by atoms with Gasteiger partial charge in [0.1, 0.15) is 5.82 Å². The highest BCUT2D eigenvalue weighted by atomic mass is 79.9. The minimum absolute atomic E-state index is 0.181. The first kappa shape index (κ1) is 27.6. The molecule has 1 saturated heterocycles. The molecule has 0 spiro atoms. The largest absolute Gasteiger partial charge is 0.395 e. The van der Waals surface area contributed by atoms with Crippen LogP contribution in [0.3, 0.4) is 0 Å². The van der Waals surface area contributed by atoms with Gasteiger partial charge >= 0.3 is 0 Å². The van der Waals surface area contributed by atoms with E-state index in [9.17, 15) is 14.0 Å². The minimum Gasteiger partial charge on any atom is -0.395 e. The van der Waals surface area contributed by atoms with Gasteiger partial charge in [0.2, 0.25) is 0 Å². The molecule has 3 aromatic rings. The summed E-state index contributed by atoms with van der Waals surface area (Å²) in [7, 11) is 0. The van der Waals surface area contributed by atoms with Crippen LogP contribution in [0.1, 0.15) is 31.8 Å². The topological polar surface area (TPSA) is 97.3 Å². The molecule has 3 N–H and O–H groups in total. The molecule has 3 aromatic carbocycles. The first-order valence-electron chi connectivity index (χ1n) is 12.3. The van der Waals surface area contributed by atoms with Gasteiger partial charge in [-0.05, 0) is 53.6 Å². The van der Waals surface area contributed by atoms with Crippen molar-refractivity contribution >= 4 is 39.6 Å². The van der Waals surface area contributed by atoms with Crippen LogP contribution in [0.5, 0.6) is 0 Å². The highest BCUT2D eigenvalue weighted by Crippen LogP contribution is 2.22. The van der Waals surface area contributed by atoms with Gasteiger partial charge in [0.15, 0.2) is 0 Å². The van der Waals surface area contributed by atoms with E-state index in [1.54, 1.807) is 42.5 Å². The van der Waals surface area contributed by atoms with Gasteiger partial charge in [-0.2, -0.15) is 5.10 Å². The first-order chi connectivity index (χ1) is 18.4. The number of aliphatic hydroxyl groups is 1. The van der Waals surface area contributed by atoms with Gasteiger partial charge in [-0.1, -0.05) is 40.2 Å². The standard InChI is InChI=1S/C28H29BrFN5O3/c29-23-8-9-26(25(17-23)28(38)33-31-18-21-2-1-3-24(30)16-21)32-27(37)22-6-4-20(5-7-22)19-35-12-10-34(11-13-35)14-15-36/h1-9,16-18,36H,10-15,19H2,(H,32,37)(H,33,38)/b31-18+. The summed E-state index contributed by atoms with van der Waals surface area (Å²) >= 11 is 3.36. The van der Waals surface area contributed by atoms with Gasteiger partial charge in [-0.15, -0.1) is 0 Å². The molecule has 1 fully saturated rings. The predicted octanol–water partition coefficient (Wildman–Crippen LogP) is 3.71. The molecule has 0 atom stereocenters. The summed E-state index contributed by atoms with van der Waals surface area (Å²) in [6, 6.07) is 18.2. The number of halogens is 2. The second-order valence-electron chi connectivity index (χ2n) is 8.94. The Morgan fingerprint density at radius 2 is 1.71 bits per heavy atom. The first-order valence-corrected chi connectivity index (χ1v) is 13.0. The van der Waals surface area contributed by atoms with E-state index in [1.807, 2.05) is 12.1 Å². The van der Waals surface area contributed by atoms with Gasteiger partial charge in [0.05, 0.1) is 24.1 Å². The molecule has 10 heteroatoms. The minimum atomic E-state index is -0.524. The fourth-order valence-electron chi connectivity index (χ4n) is 4.15. The normalized spacial score (nSPS) is 14.5. The van der Waals surface area contributed by atoms with Crippen molar-refractivity contribution in [1.29, 1.82) is 0 Å². The Bertz CT molecular complexity index is 1290. The number of carbonyl (C=O) groups excluding carboxylic acids is 2. The molecule has 0 saturated carbocycles. The molecule has 1 aliphatic rings. The highest BCUT2D eigenvalue weighted by molar-refractivity contribution is 9.10. The number of hydrazone groups is 1. The van der Waals surface area contributed by atoms with Gasteiger partial charge in [0.25, 0.3) is 11.8 Å². The molecule has 0 radical (unpaired) electrons. The van der Waals surface area contributed by atoms with E-state index in [0.29, 0.717) is 27.8 Å². The Morgan fingerprint density at radius 3 is 2.42 bits per heavy atom. The summed E-state index contributed by atoms with van der Waals surface area (Å²) < 4.78 is 14.0. The van der Waals surface area contributed by atoms with Crippen molar-refractivity contribution in [3.63, 3.8) is 0 Å². The summed E-state index contributed by atoms with van der Waals surface area (Å²) in [6.07, 6.45) is 1.34. The van der Waals surface area contributed by atoms with Crippen molar-refractivity contribution in [3.05, 3.63) is 99.3 Å². The van der Waals surface area contributed by atoms with Gasteiger partial charge < -0.3 is 10.4 Å². The van der Waals surface area contributed by atoms with Crippen molar-refractivity contribution in [3.8, 4) is 0 Å². The maximum Gasteiger partial charge on any atom is 0.273 e. The molecule has 4 rings (SSSR count).